The summed E-state index contributed by atoms with van der Waals surface area (Å²) in [5, 5.41) is 16.8. The van der Waals surface area contributed by atoms with Crippen molar-refractivity contribution in [2.45, 2.75) is 6.42 Å². The number of rotatable bonds is 5. The highest BCUT2D eigenvalue weighted by Gasteiger charge is 2.19. The van der Waals surface area contributed by atoms with Crippen LogP contribution in [0, 0.1) is 16.0 Å². The standard InChI is InChI=1S/C11H16N4O3/c1-12-10-3-2-9(15(16)17)11(14-10)13-6-8-4-5-18-7-8/h2-3,8H,4-7H2,1H3,(H2,12,13,14). The zero-order chi connectivity index (χ0) is 13.0. The summed E-state index contributed by atoms with van der Waals surface area (Å²) in [6.45, 7) is 2.10. The summed E-state index contributed by atoms with van der Waals surface area (Å²) in [6.07, 6.45) is 0.979. The van der Waals surface area contributed by atoms with Gasteiger partial charge in [0.2, 0.25) is 5.82 Å². The minimum atomic E-state index is -0.431. The van der Waals surface area contributed by atoms with Crippen molar-refractivity contribution in [3.8, 4) is 0 Å². The quantitative estimate of drug-likeness (QED) is 0.609. The summed E-state index contributed by atoms with van der Waals surface area (Å²) in [7, 11) is 1.72. The highest BCUT2D eigenvalue weighted by Crippen LogP contribution is 2.24. The van der Waals surface area contributed by atoms with Gasteiger partial charge in [0.15, 0.2) is 0 Å². The second kappa shape index (κ2) is 5.63. The molecule has 0 bridgehead atoms. The normalized spacial score (nSPS) is 18.6. The third kappa shape index (κ3) is 2.86. The van der Waals surface area contributed by atoms with Gasteiger partial charge in [-0.25, -0.2) is 4.98 Å². The predicted octanol–water partition coefficient (Wildman–Crippen LogP) is 1.48. The first-order valence-electron chi connectivity index (χ1n) is 5.85. The Kier molecular flexibility index (Phi) is 3.93. The number of anilines is 2. The van der Waals surface area contributed by atoms with Crippen LogP contribution >= 0.6 is 0 Å². The van der Waals surface area contributed by atoms with Crippen molar-refractivity contribution in [2.24, 2.45) is 5.92 Å². The molecule has 2 heterocycles. The maximum absolute atomic E-state index is 10.9. The van der Waals surface area contributed by atoms with Gasteiger partial charge in [0.05, 0.1) is 11.5 Å². The molecule has 18 heavy (non-hydrogen) atoms. The van der Waals surface area contributed by atoms with Crippen LogP contribution < -0.4 is 10.6 Å². The van der Waals surface area contributed by atoms with Gasteiger partial charge < -0.3 is 15.4 Å². The Morgan fingerprint density at radius 3 is 3.06 bits per heavy atom. The fourth-order valence-corrected chi connectivity index (χ4v) is 1.85. The molecular weight excluding hydrogens is 236 g/mol. The van der Waals surface area contributed by atoms with E-state index in [2.05, 4.69) is 15.6 Å². The van der Waals surface area contributed by atoms with E-state index in [1.165, 1.54) is 6.07 Å². The molecule has 0 aromatic carbocycles. The Morgan fingerprint density at radius 1 is 1.61 bits per heavy atom. The molecule has 1 unspecified atom stereocenters. The van der Waals surface area contributed by atoms with Crippen LogP contribution in [0.4, 0.5) is 17.3 Å². The highest BCUT2D eigenvalue weighted by atomic mass is 16.6. The molecule has 0 saturated carbocycles. The first-order chi connectivity index (χ1) is 8.70. The van der Waals surface area contributed by atoms with Crippen molar-refractivity contribution < 1.29 is 9.66 Å². The lowest BCUT2D eigenvalue weighted by Crippen LogP contribution is -2.16. The summed E-state index contributed by atoms with van der Waals surface area (Å²) in [6, 6.07) is 3.04. The number of aromatic nitrogens is 1. The van der Waals surface area contributed by atoms with E-state index in [-0.39, 0.29) is 5.69 Å². The van der Waals surface area contributed by atoms with E-state index in [9.17, 15) is 10.1 Å². The third-order valence-corrected chi connectivity index (χ3v) is 2.91. The zero-order valence-corrected chi connectivity index (χ0v) is 10.2. The van der Waals surface area contributed by atoms with E-state index >= 15 is 0 Å². The molecule has 7 heteroatoms. The Bertz CT molecular complexity index is 432. The molecule has 1 aromatic heterocycles. The van der Waals surface area contributed by atoms with E-state index in [4.69, 9.17) is 4.74 Å². The number of pyridine rings is 1. The summed E-state index contributed by atoms with van der Waals surface area (Å²) in [5.74, 6) is 1.30. The minimum Gasteiger partial charge on any atom is -0.381 e. The lowest BCUT2D eigenvalue weighted by molar-refractivity contribution is -0.384. The van der Waals surface area contributed by atoms with Crippen LogP contribution in [0.15, 0.2) is 12.1 Å². The van der Waals surface area contributed by atoms with Gasteiger partial charge in [0.1, 0.15) is 5.82 Å². The Morgan fingerprint density at radius 2 is 2.44 bits per heavy atom. The lowest BCUT2D eigenvalue weighted by atomic mass is 10.1. The fourth-order valence-electron chi connectivity index (χ4n) is 1.85. The summed E-state index contributed by atoms with van der Waals surface area (Å²) < 4.78 is 5.26. The van der Waals surface area contributed by atoms with Gasteiger partial charge in [-0.05, 0) is 12.5 Å². The second-order valence-electron chi connectivity index (χ2n) is 4.18. The molecule has 1 aliphatic rings. The molecule has 0 amide bonds. The van der Waals surface area contributed by atoms with Gasteiger partial charge in [0.25, 0.3) is 0 Å². The van der Waals surface area contributed by atoms with Crippen LogP contribution in [-0.4, -0.2) is 36.7 Å². The Labute approximate surface area is 105 Å². The average Bonchev–Trinajstić information content (AvgIpc) is 2.88. The molecule has 0 radical (unpaired) electrons. The van der Waals surface area contributed by atoms with Crippen molar-refractivity contribution in [3.05, 3.63) is 22.2 Å². The van der Waals surface area contributed by atoms with Crippen molar-refractivity contribution in [1.29, 1.82) is 0 Å². The predicted molar refractivity (Wildman–Crippen MR) is 67.9 cm³/mol. The van der Waals surface area contributed by atoms with E-state index < -0.39 is 4.92 Å². The molecule has 2 rings (SSSR count). The summed E-state index contributed by atoms with van der Waals surface area (Å²) in [4.78, 5) is 14.6. The SMILES string of the molecule is CNc1ccc([N+](=O)[O-])c(NCC2CCOC2)n1. The van der Waals surface area contributed by atoms with Gasteiger partial charge in [-0.15, -0.1) is 0 Å². The van der Waals surface area contributed by atoms with E-state index in [0.717, 1.165) is 13.0 Å². The van der Waals surface area contributed by atoms with Crippen LogP contribution in [0.25, 0.3) is 0 Å². The van der Waals surface area contributed by atoms with Crippen LogP contribution in [0.3, 0.4) is 0 Å². The maximum atomic E-state index is 10.9. The largest absolute Gasteiger partial charge is 0.381 e. The molecule has 1 atom stereocenters. The number of ether oxygens (including phenoxy) is 1. The van der Waals surface area contributed by atoms with Gasteiger partial charge in [0, 0.05) is 32.2 Å². The first-order valence-corrected chi connectivity index (χ1v) is 5.85. The molecule has 1 aliphatic heterocycles. The zero-order valence-electron chi connectivity index (χ0n) is 10.2. The maximum Gasteiger partial charge on any atom is 0.311 e. The molecule has 0 spiro atoms. The van der Waals surface area contributed by atoms with Gasteiger partial charge >= 0.3 is 5.69 Å². The molecule has 1 fully saturated rings. The highest BCUT2D eigenvalue weighted by molar-refractivity contribution is 5.60. The lowest BCUT2D eigenvalue weighted by Gasteiger charge is -2.11. The number of nitro groups is 1. The van der Waals surface area contributed by atoms with Crippen molar-refractivity contribution in [1.82, 2.24) is 4.98 Å². The Balaban J connectivity index is 2.10. The summed E-state index contributed by atoms with van der Waals surface area (Å²) in [5.41, 5.74) is -0.00656. The first kappa shape index (κ1) is 12.6. The van der Waals surface area contributed by atoms with Crippen LogP contribution in [-0.2, 0) is 4.74 Å². The van der Waals surface area contributed by atoms with Crippen molar-refractivity contribution in [2.75, 3.05) is 37.4 Å². The van der Waals surface area contributed by atoms with E-state index in [1.54, 1.807) is 13.1 Å². The topological polar surface area (TPSA) is 89.3 Å². The molecule has 7 nitrogen and oxygen atoms in total. The second-order valence-corrected chi connectivity index (χ2v) is 4.18. The molecule has 2 N–H and O–H groups in total. The van der Waals surface area contributed by atoms with Crippen LogP contribution in [0.2, 0.25) is 0 Å². The molecule has 98 valence electrons. The Hall–Kier alpha value is -1.89. The number of hydrogen-bond donors (Lipinski definition) is 2. The van der Waals surface area contributed by atoms with Crippen molar-refractivity contribution >= 4 is 17.3 Å². The van der Waals surface area contributed by atoms with E-state index in [0.29, 0.717) is 30.7 Å². The number of nitrogens with zero attached hydrogens (tertiary/aromatic N) is 2. The van der Waals surface area contributed by atoms with Crippen LogP contribution in [0.1, 0.15) is 6.42 Å². The van der Waals surface area contributed by atoms with Crippen LogP contribution in [0.5, 0.6) is 0 Å². The minimum absolute atomic E-state index is 0.00656. The van der Waals surface area contributed by atoms with Gasteiger partial charge in [-0.3, -0.25) is 10.1 Å². The average molecular weight is 252 g/mol. The fraction of sp³-hybridized carbons (Fsp3) is 0.545. The number of hydrogen-bond acceptors (Lipinski definition) is 6. The summed E-state index contributed by atoms with van der Waals surface area (Å²) >= 11 is 0. The van der Waals surface area contributed by atoms with Crippen molar-refractivity contribution in [3.63, 3.8) is 0 Å². The number of nitrogens with one attached hydrogen (secondary N) is 2. The smallest absolute Gasteiger partial charge is 0.311 e. The third-order valence-electron chi connectivity index (χ3n) is 2.91. The molecule has 1 saturated heterocycles. The molecular formula is C11H16N4O3. The molecule has 1 aromatic rings. The van der Waals surface area contributed by atoms with Gasteiger partial charge in [-0.2, -0.15) is 0 Å². The van der Waals surface area contributed by atoms with E-state index in [1.807, 2.05) is 0 Å². The monoisotopic (exact) mass is 252 g/mol. The van der Waals surface area contributed by atoms with Gasteiger partial charge in [-0.1, -0.05) is 0 Å². The molecule has 0 aliphatic carbocycles.